The van der Waals surface area contributed by atoms with Crippen molar-refractivity contribution in [3.8, 4) is 5.75 Å². The van der Waals surface area contributed by atoms with Crippen LogP contribution >= 0.6 is 11.6 Å². The number of hydrogen-bond acceptors (Lipinski definition) is 4. The number of rotatable bonds is 4. The van der Waals surface area contributed by atoms with Crippen LogP contribution in [-0.4, -0.2) is 31.0 Å². The van der Waals surface area contributed by atoms with Gasteiger partial charge < -0.3 is 4.74 Å². The first-order valence-electron chi connectivity index (χ1n) is 7.42. The van der Waals surface area contributed by atoms with Crippen LogP contribution in [0.3, 0.4) is 0 Å². The lowest BCUT2D eigenvalue weighted by molar-refractivity contribution is -0.275. The summed E-state index contributed by atoms with van der Waals surface area (Å²) in [6.45, 7) is 5.01. The van der Waals surface area contributed by atoms with Gasteiger partial charge in [-0.25, -0.2) is 18.6 Å². The van der Waals surface area contributed by atoms with Crippen LogP contribution < -0.4 is 4.74 Å². The molecule has 0 saturated carbocycles. The third-order valence-electron chi connectivity index (χ3n) is 3.01. The molecule has 0 unspecified atom stereocenters. The minimum Gasteiger partial charge on any atom is -0.403 e. The SMILES string of the molecule is CC(C)(C)[S@@](=O)N=C(c1ccc(OC(F)(F)F)c(F)c1)c1nccnc1Cl. The number of nitrogens with zero attached hydrogens (tertiary/aromatic N) is 3. The Morgan fingerprint density at radius 2 is 1.81 bits per heavy atom. The largest absolute Gasteiger partial charge is 0.573 e. The molecular weight excluding hydrogens is 410 g/mol. The van der Waals surface area contributed by atoms with Gasteiger partial charge in [-0.3, -0.25) is 0 Å². The lowest BCUT2D eigenvalue weighted by atomic mass is 10.1. The maximum atomic E-state index is 14.1. The van der Waals surface area contributed by atoms with Crippen molar-refractivity contribution in [1.29, 1.82) is 0 Å². The quantitative estimate of drug-likeness (QED) is 0.537. The summed E-state index contributed by atoms with van der Waals surface area (Å²) in [4.78, 5) is 7.85. The third-order valence-corrected chi connectivity index (χ3v) is 4.68. The molecule has 0 N–H and O–H groups in total. The van der Waals surface area contributed by atoms with Gasteiger partial charge in [0.2, 0.25) is 0 Å². The molecule has 1 aromatic heterocycles. The predicted molar refractivity (Wildman–Crippen MR) is 93.7 cm³/mol. The minimum absolute atomic E-state index is 0.0145. The van der Waals surface area contributed by atoms with Gasteiger partial charge in [-0.15, -0.1) is 13.2 Å². The predicted octanol–water partition coefficient (Wildman–Crippen LogP) is 4.47. The molecule has 2 rings (SSSR count). The second-order valence-corrected chi connectivity index (χ2v) is 8.45. The summed E-state index contributed by atoms with van der Waals surface area (Å²) < 4.78 is 70.4. The van der Waals surface area contributed by atoms with Crippen LogP contribution in [0.2, 0.25) is 5.15 Å². The van der Waals surface area contributed by atoms with Gasteiger partial charge in [0.15, 0.2) is 16.7 Å². The van der Waals surface area contributed by atoms with Gasteiger partial charge in [-0.1, -0.05) is 11.6 Å². The number of aromatic nitrogens is 2. The third kappa shape index (κ3) is 5.70. The van der Waals surface area contributed by atoms with Crippen molar-refractivity contribution in [2.45, 2.75) is 31.9 Å². The number of ether oxygens (including phenoxy) is 1. The highest BCUT2D eigenvalue weighted by atomic mass is 35.5. The van der Waals surface area contributed by atoms with Gasteiger partial charge in [0, 0.05) is 18.0 Å². The molecule has 11 heteroatoms. The average molecular weight is 424 g/mol. The molecule has 1 aromatic carbocycles. The minimum atomic E-state index is -5.04. The number of benzene rings is 1. The van der Waals surface area contributed by atoms with Gasteiger partial charge in [0.05, 0.1) is 4.75 Å². The normalized spacial score (nSPS) is 14.1. The van der Waals surface area contributed by atoms with Gasteiger partial charge in [-0.05, 0) is 39.0 Å². The van der Waals surface area contributed by atoms with Gasteiger partial charge in [0.1, 0.15) is 22.4 Å². The van der Waals surface area contributed by atoms with E-state index in [1.807, 2.05) is 0 Å². The molecule has 0 radical (unpaired) electrons. The summed E-state index contributed by atoms with van der Waals surface area (Å²) in [7, 11) is -1.78. The van der Waals surface area contributed by atoms with Gasteiger partial charge in [-0.2, -0.15) is 4.40 Å². The number of halogens is 5. The summed E-state index contributed by atoms with van der Waals surface area (Å²) in [6.07, 6.45) is -2.43. The first-order chi connectivity index (χ1) is 12.4. The molecule has 27 heavy (non-hydrogen) atoms. The van der Waals surface area contributed by atoms with E-state index in [0.717, 1.165) is 18.2 Å². The summed E-state index contributed by atoms with van der Waals surface area (Å²) in [5, 5.41) is -0.0850. The molecule has 0 saturated heterocycles. The molecule has 0 fully saturated rings. The molecule has 2 aromatic rings. The second kappa shape index (κ2) is 7.89. The Balaban J connectivity index is 2.58. The number of alkyl halides is 3. The van der Waals surface area contributed by atoms with E-state index in [4.69, 9.17) is 11.6 Å². The number of hydrogen-bond donors (Lipinski definition) is 0. The zero-order chi connectivity index (χ0) is 20.4. The standard InChI is InChI=1S/C16H14ClF4N3O2S/c1-15(2,3)27(25)24-12(13-14(17)23-7-6-22-13)9-4-5-11(10(18)8-9)26-16(19,20)21/h4-8H,1-3H3/t27-/m1/s1. The Morgan fingerprint density at radius 1 is 1.19 bits per heavy atom. The van der Waals surface area contributed by atoms with Crippen molar-refractivity contribution in [3.05, 3.63) is 52.8 Å². The van der Waals surface area contributed by atoms with Crippen molar-refractivity contribution in [3.63, 3.8) is 0 Å². The molecule has 0 aliphatic rings. The Hall–Kier alpha value is -2.07. The Labute approximate surface area is 160 Å². The first-order valence-corrected chi connectivity index (χ1v) is 8.90. The fourth-order valence-corrected chi connectivity index (χ4v) is 2.61. The fourth-order valence-electron chi connectivity index (χ4n) is 1.79. The average Bonchev–Trinajstić information content (AvgIpc) is 2.53. The van der Waals surface area contributed by atoms with E-state index >= 15 is 0 Å². The maximum Gasteiger partial charge on any atom is 0.573 e. The topological polar surface area (TPSA) is 64.4 Å². The highest BCUT2D eigenvalue weighted by Gasteiger charge is 2.32. The maximum absolute atomic E-state index is 14.1. The Bertz CT molecular complexity index is 898. The summed E-state index contributed by atoms with van der Waals surface area (Å²) >= 11 is 6.00. The van der Waals surface area contributed by atoms with Gasteiger partial charge >= 0.3 is 6.36 Å². The molecule has 1 heterocycles. The van der Waals surface area contributed by atoms with Crippen LogP contribution in [0.1, 0.15) is 32.0 Å². The van der Waals surface area contributed by atoms with Crippen LogP contribution in [-0.2, 0) is 11.0 Å². The van der Waals surface area contributed by atoms with Crippen molar-refractivity contribution < 1.29 is 26.5 Å². The fraction of sp³-hybridized carbons (Fsp3) is 0.312. The Kier molecular flexibility index (Phi) is 6.21. The lowest BCUT2D eigenvalue weighted by Crippen LogP contribution is -2.22. The van der Waals surface area contributed by atoms with Crippen LogP contribution in [0.25, 0.3) is 0 Å². The molecule has 5 nitrogen and oxygen atoms in total. The molecular formula is C16H14ClF4N3O2S. The van der Waals surface area contributed by atoms with E-state index in [-0.39, 0.29) is 22.1 Å². The van der Waals surface area contributed by atoms with Crippen LogP contribution in [0.15, 0.2) is 35.0 Å². The van der Waals surface area contributed by atoms with Crippen molar-refractivity contribution >= 4 is 28.3 Å². The van der Waals surface area contributed by atoms with Crippen LogP contribution in [0.5, 0.6) is 5.75 Å². The second-order valence-electron chi connectivity index (χ2n) is 6.19. The smallest absolute Gasteiger partial charge is 0.403 e. The van der Waals surface area contributed by atoms with E-state index in [2.05, 4.69) is 19.1 Å². The van der Waals surface area contributed by atoms with E-state index in [1.165, 1.54) is 12.4 Å². The highest BCUT2D eigenvalue weighted by molar-refractivity contribution is 7.85. The molecule has 146 valence electrons. The summed E-state index contributed by atoms with van der Waals surface area (Å²) in [5.74, 6) is -2.29. The van der Waals surface area contributed by atoms with Gasteiger partial charge in [0.25, 0.3) is 0 Å². The zero-order valence-electron chi connectivity index (χ0n) is 14.3. The monoisotopic (exact) mass is 423 g/mol. The van der Waals surface area contributed by atoms with Crippen LogP contribution in [0.4, 0.5) is 17.6 Å². The summed E-state index contributed by atoms with van der Waals surface area (Å²) in [6, 6.07) is 2.69. The summed E-state index contributed by atoms with van der Waals surface area (Å²) in [5.41, 5.74) is -0.0403. The first kappa shape index (κ1) is 21.2. The van der Waals surface area contributed by atoms with Crippen molar-refractivity contribution in [2.24, 2.45) is 4.40 Å². The van der Waals surface area contributed by atoms with Crippen molar-refractivity contribution in [1.82, 2.24) is 9.97 Å². The van der Waals surface area contributed by atoms with Crippen LogP contribution in [0, 0.1) is 5.82 Å². The van der Waals surface area contributed by atoms with E-state index < -0.39 is 33.7 Å². The van der Waals surface area contributed by atoms with E-state index in [9.17, 15) is 21.8 Å². The molecule has 0 bridgehead atoms. The molecule has 0 amide bonds. The molecule has 0 aliphatic heterocycles. The zero-order valence-corrected chi connectivity index (χ0v) is 15.9. The molecule has 0 aliphatic carbocycles. The lowest BCUT2D eigenvalue weighted by Gasteiger charge is -2.16. The molecule has 0 spiro atoms. The van der Waals surface area contributed by atoms with E-state index in [0.29, 0.717) is 0 Å². The van der Waals surface area contributed by atoms with E-state index in [1.54, 1.807) is 20.8 Å². The Morgan fingerprint density at radius 3 is 2.33 bits per heavy atom. The highest BCUT2D eigenvalue weighted by Crippen LogP contribution is 2.28. The van der Waals surface area contributed by atoms with Crippen molar-refractivity contribution in [2.75, 3.05) is 0 Å². The molecule has 1 atom stereocenters.